The van der Waals surface area contributed by atoms with Gasteiger partial charge in [0.25, 0.3) is 0 Å². The molecule has 2 heterocycles. The van der Waals surface area contributed by atoms with Crippen molar-refractivity contribution in [1.29, 1.82) is 0 Å². The number of ether oxygens (including phenoxy) is 3. The lowest BCUT2D eigenvalue weighted by molar-refractivity contribution is -0.230. The van der Waals surface area contributed by atoms with Crippen LogP contribution in [0.2, 0.25) is 0 Å². The smallest absolute Gasteiger partial charge is 0.190 e. The minimum absolute atomic E-state index is 0.394. The third-order valence-corrected chi connectivity index (χ3v) is 2.85. The van der Waals surface area contributed by atoms with Crippen LogP contribution < -0.4 is 0 Å². The summed E-state index contributed by atoms with van der Waals surface area (Å²) in [7, 11) is 0. The Morgan fingerprint density at radius 2 is 1.93 bits per heavy atom. The molecule has 0 aliphatic carbocycles. The highest BCUT2D eigenvalue weighted by molar-refractivity contribution is 5.03. The van der Waals surface area contributed by atoms with Gasteiger partial charge in [-0.25, -0.2) is 0 Å². The lowest BCUT2D eigenvalue weighted by Crippen LogP contribution is -2.51. The van der Waals surface area contributed by atoms with Crippen molar-refractivity contribution in [3.8, 4) is 0 Å². The van der Waals surface area contributed by atoms with Crippen molar-refractivity contribution in [2.24, 2.45) is 0 Å². The number of hydrogen-bond acceptors (Lipinski definition) is 5. The third kappa shape index (κ3) is 1.28. The Morgan fingerprint density at radius 1 is 1.29 bits per heavy atom. The molecule has 2 aliphatic rings. The van der Waals surface area contributed by atoms with E-state index in [9.17, 15) is 5.11 Å². The monoisotopic (exact) mass is 204 g/mol. The number of aliphatic hydroxyl groups excluding tert-OH is 1. The Kier molecular flexibility index (Phi) is 2.14. The predicted octanol–water partition coefficient (Wildman–Crippen LogP) is -0.394. The van der Waals surface area contributed by atoms with Gasteiger partial charge in [0, 0.05) is 0 Å². The number of aliphatic hydroxyl groups is 2. The van der Waals surface area contributed by atoms with Crippen molar-refractivity contribution in [2.75, 3.05) is 6.61 Å². The van der Waals surface area contributed by atoms with Gasteiger partial charge in [-0.05, 0) is 20.8 Å². The second-order valence-corrected chi connectivity index (χ2v) is 4.35. The van der Waals surface area contributed by atoms with E-state index in [-0.39, 0.29) is 0 Å². The second-order valence-electron chi connectivity index (χ2n) is 4.35. The van der Waals surface area contributed by atoms with E-state index in [1.165, 1.54) is 0 Å². The molecule has 4 atom stereocenters. The minimum Gasteiger partial charge on any atom is -0.393 e. The zero-order chi connectivity index (χ0) is 10.6. The van der Waals surface area contributed by atoms with Crippen molar-refractivity contribution in [3.05, 3.63) is 0 Å². The van der Waals surface area contributed by atoms with Gasteiger partial charge in [0.15, 0.2) is 12.1 Å². The fourth-order valence-corrected chi connectivity index (χ4v) is 1.94. The highest BCUT2D eigenvalue weighted by Crippen LogP contribution is 2.42. The molecule has 0 unspecified atom stereocenters. The van der Waals surface area contributed by atoms with Gasteiger partial charge in [0.05, 0.1) is 12.7 Å². The van der Waals surface area contributed by atoms with Crippen LogP contribution in [-0.4, -0.2) is 46.7 Å². The second kappa shape index (κ2) is 2.90. The minimum atomic E-state index is -1.36. The molecule has 5 nitrogen and oxygen atoms in total. The molecule has 0 aromatic carbocycles. The van der Waals surface area contributed by atoms with Gasteiger partial charge in [-0.15, -0.1) is 0 Å². The molecule has 2 aliphatic heterocycles. The Balaban J connectivity index is 2.22. The van der Waals surface area contributed by atoms with Crippen molar-refractivity contribution in [1.82, 2.24) is 0 Å². The van der Waals surface area contributed by atoms with E-state index < -0.39 is 36.5 Å². The molecule has 14 heavy (non-hydrogen) atoms. The highest BCUT2D eigenvalue weighted by atomic mass is 16.8. The highest BCUT2D eigenvalue weighted by Gasteiger charge is 2.61. The maximum absolute atomic E-state index is 10.1. The van der Waals surface area contributed by atoms with Gasteiger partial charge in [-0.2, -0.15) is 0 Å². The van der Waals surface area contributed by atoms with Crippen LogP contribution in [0.4, 0.5) is 0 Å². The van der Waals surface area contributed by atoms with Crippen LogP contribution in [0, 0.1) is 0 Å². The molecule has 0 saturated carbocycles. The van der Waals surface area contributed by atoms with Gasteiger partial charge < -0.3 is 24.4 Å². The standard InChI is InChI=1S/C9H16O5/c1-5-9(11,4-10)6-7(12-5)14-8(2,3)13-6/h5-7,10-11H,4H2,1-3H3/t5-,6+,7-,9-/m0/s1. The molecule has 2 rings (SSSR count). The topological polar surface area (TPSA) is 68.2 Å². The first-order valence-electron chi connectivity index (χ1n) is 4.73. The number of fused-ring (bicyclic) bond motifs is 1. The van der Waals surface area contributed by atoms with Gasteiger partial charge in [-0.3, -0.25) is 0 Å². The molecular weight excluding hydrogens is 188 g/mol. The molecule has 0 spiro atoms. The quantitative estimate of drug-likeness (QED) is 0.608. The summed E-state index contributed by atoms with van der Waals surface area (Å²) in [5.41, 5.74) is -1.36. The molecule has 5 heteroatoms. The summed E-state index contributed by atoms with van der Waals surface area (Å²) in [6.45, 7) is 4.79. The van der Waals surface area contributed by atoms with Crippen LogP contribution >= 0.6 is 0 Å². The van der Waals surface area contributed by atoms with E-state index in [4.69, 9.17) is 19.3 Å². The SMILES string of the molecule is C[C@@H]1O[C@H]2OC(C)(C)O[C@H]2[C@]1(O)CO. The summed E-state index contributed by atoms with van der Waals surface area (Å²) in [5, 5.41) is 19.2. The number of rotatable bonds is 1. The summed E-state index contributed by atoms with van der Waals surface area (Å²) in [5.74, 6) is -0.765. The third-order valence-electron chi connectivity index (χ3n) is 2.85. The summed E-state index contributed by atoms with van der Waals surface area (Å²) in [4.78, 5) is 0. The summed E-state index contributed by atoms with van der Waals surface area (Å²) < 4.78 is 16.3. The van der Waals surface area contributed by atoms with Crippen LogP contribution in [0.15, 0.2) is 0 Å². The lowest BCUT2D eigenvalue weighted by atomic mass is 9.95. The summed E-state index contributed by atoms with van der Waals surface area (Å²) in [6.07, 6.45) is -1.69. The zero-order valence-corrected chi connectivity index (χ0v) is 8.56. The fraction of sp³-hybridized carbons (Fsp3) is 1.00. The molecule has 0 radical (unpaired) electrons. The van der Waals surface area contributed by atoms with Crippen molar-refractivity contribution < 1.29 is 24.4 Å². The van der Waals surface area contributed by atoms with E-state index in [1.54, 1.807) is 20.8 Å². The van der Waals surface area contributed by atoms with E-state index in [1.807, 2.05) is 0 Å². The molecule has 2 N–H and O–H groups in total. The normalized spacial score (nSPS) is 50.8. The number of hydrogen-bond donors (Lipinski definition) is 2. The predicted molar refractivity (Wildman–Crippen MR) is 46.4 cm³/mol. The largest absolute Gasteiger partial charge is 0.393 e. The Hall–Kier alpha value is -0.200. The maximum Gasteiger partial charge on any atom is 0.190 e. The van der Waals surface area contributed by atoms with Crippen LogP contribution in [0.1, 0.15) is 20.8 Å². The molecule has 2 saturated heterocycles. The van der Waals surface area contributed by atoms with Gasteiger partial charge in [-0.1, -0.05) is 0 Å². The van der Waals surface area contributed by atoms with Crippen molar-refractivity contribution in [2.45, 2.75) is 50.7 Å². The average Bonchev–Trinajstić information content (AvgIpc) is 2.48. The van der Waals surface area contributed by atoms with E-state index in [0.29, 0.717) is 0 Å². The van der Waals surface area contributed by atoms with Crippen LogP contribution in [0.25, 0.3) is 0 Å². The zero-order valence-electron chi connectivity index (χ0n) is 8.56. The molecule has 0 bridgehead atoms. The molecule has 0 aromatic rings. The first-order chi connectivity index (χ1) is 6.39. The lowest BCUT2D eigenvalue weighted by Gasteiger charge is -2.29. The fourth-order valence-electron chi connectivity index (χ4n) is 1.94. The molecule has 0 amide bonds. The molecular formula is C9H16O5. The van der Waals surface area contributed by atoms with E-state index in [2.05, 4.69) is 0 Å². The molecule has 0 aromatic heterocycles. The average molecular weight is 204 g/mol. The van der Waals surface area contributed by atoms with Gasteiger partial charge in [0.2, 0.25) is 0 Å². The summed E-state index contributed by atoms with van der Waals surface area (Å²) >= 11 is 0. The van der Waals surface area contributed by atoms with Crippen molar-refractivity contribution >= 4 is 0 Å². The van der Waals surface area contributed by atoms with Gasteiger partial charge in [0.1, 0.15) is 11.7 Å². The van der Waals surface area contributed by atoms with Crippen molar-refractivity contribution in [3.63, 3.8) is 0 Å². The Bertz CT molecular complexity index is 241. The first kappa shape index (κ1) is 10.3. The van der Waals surface area contributed by atoms with Crippen LogP contribution in [0.3, 0.4) is 0 Å². The van der Waals surface area contributed by atoms with Gasteiger partial charge >= 0.3 is 0 Å². The van der Waals surface area contributed by atoms with Crippen LogP contribution in [0.5, 0.6) is 0 Å². The van der Waals surface area contributed by atoms with Crippen LogP contribution in [-0.2, 0) is 14.2 Å². The Labute approximate surface area is 82.6 Å². The molecule has 2 fully saturated rings. The Morgan fingerprint density at radius 3 is 2.50 bits per heavy atom. The summed E-state index contributed by atoms with van der Waals surface area (Å²) in [6, 6.07) is 0. The maximum atomic E-state index is 10.1. The first-order valence-corrected chi connectivity index (χ1v) is 4.73. The van der Waals surface area contributed by atoms with E-state index in [0.717, 1.165) is 0 Å². The van der Waals surface area contributed by atoms with E-state index >= 15 is 0 Å². The molecule has 82 valence electrons.